The van der Waals surface area contributed by atoms with E-state index in [0.29, 0.717) is 13.1 Å². The topological polar surface area (TPSA) is 46.9 Å². The van der Waals surface area contributed by atoms with Crippen LogP contribution in [0.3, 0.4) is 0 Å². The maximum Gasteiger partial charge on any atom is 0.257 e. The fraction of sp³-hybridized carbons (Fsp3) is 0.375. The maximum atomic E-state index is 12.4. The molecule has 1 aliphatic rings. The zero-order valence-electron chi connectivity index (χ0n) is 11.7. The summed E-state index contributed by atoms with van der Waals surface area (Å²) in [4.78, 5) is 16.8. The summed E-state index contributed by atoms with van der Waals surface area (Å²) in [6, 6.07) is 8.42. The van der Waals surface area contributed by atoms with Gasteiger partial charge in [-0.25, -0.2) is 4.98 Å². The third kappa shape index (κ3) is 2.51. The van der Waals surface area contributed by atoms with Gasteiger partial charge >= 0.3 is 0 Å². The van der Waals surface area contributed by atoms with E-state index in [1.165, 1.54) is 5.56 Å². The minimum atomic E-state index is 0.107. The molecule has 0 fully saturated rings. The average Bonchev–Trinajstić information content (AvgIpc) is 2.51. The first-order valence-electron chi connectivity index (χ1n) is 7.13. The Morgan fingerprint density at radius 1 is 1.25 bits per heavy atom. The van der Waals surface area contributed by atoms with Crippen LogP contribution in [0, 0.1) is 0 Å². The molecule has 1 aliphatic heterocycles. The lowest BCUT2D eigenvalue weighted by molar-refractivity contribution is 0.596. The highest BCUT2D eigenvalue weighted by Crippen LogP contribution is 2.08. The van der Waals surface area contributed by atoms with Crippen molar-refractivity contribution in [2.24, 2.45) is 0 Å². The van der Waals surface area contributed by atoms with Crippen LogP contribution in [0.15, 0.2) is 35.4 Å². The fourth-order valence-corrected chi connectivity index (χ4v) is 2.58. The molecule has 1 aromatic carbocycles. The molecule has 0 spiro atoms. The predicted molar refractivity (Wildman–Crippen MR) is 78.8 cm³/mol. The molecule has 2 heterocycles. The number of rotatable bonds is 3. The van der Waals surface area contributed by atoms with Crippen molar-refractivity contribution < 1.29 is 0 Å². The van der Waals surface area contributed by atoms with E-state index in [9.17, 15) is 4.79 Å². The van der Waals surface area contributed by atoms with Gasteiger partial charge in [-0.05, 0) is 30.5 Å². The summed E-state index contributed by atoms with van der Waals surface area (Å²) in [7, 11) is 0. The smallest absolute Gasteiger partial charge is 0.257 e. The molecule has 1 aromatic heterocycles. The molecule has 2 aromatic rings. The first-order valence-corrected chi connectivity index (χ1v) is 7.13. The van der Waals surface area contributed by atoms with E-state index in [4.69, 9.17) is 0 Å². The molecule has 4 heteroatoms. The summed E-state index contributed by atoms with van der Waals surface area (Å²) < 4.78 is 1.71. The van der Waals surface area contributed by atoms with E-state index >= 15 is 0 Å². The van der Waals surface area contributed by atoms with Crippen molar-refractivity contribution in [1.82, 2.24) is 14.9 Å². The van der Waals surface area contributed by atoms with E-state index in [1.54, 1.807) is 10.9 Å². The summed E-state index contributed by atoms with van der Waals surface area (Å²) in [5.74, 6) is 0. The zero-order chi connectivity index (χ0) is 13.9. The van der Waals surface area contributed by atoms with Gasteiger partial charge in [0.15, 0.2) is 0 Å². The molecule has 0 unspecified atom stereocenters. The Bertz CT molecular complexity index is 658. The van der Waals surface area contributed by atoms with Gasteiger partial charge in [0.1, 0.15) is 0 Å². The minimum Gasteiger partial charge on any atom is -0.311 e. The Labute approximate surface area is 118 Å². The van der Waals surface area contributed by atoms with Crippen molar-refractivity contribution in [3.63, 3.8) is 0 Å². The van der Waals surface area contributed by atoms with Crippen LogP contribution in [0.25, 0.3) is 0 Å². The zero-order valence-corrected chi connectivity index (χ0v) is 11.7. The molecule has 0 saturated carbocycles. The molecule has 0 radical (unpaired) electrons. The SMILES string of the molecule is CCc1ccc(Cn2cnc3c(c2=O)CCNC3)cc1. The van der Waals surface area contributed by atoms with Crippen LogP contribution >= 0.6 is 0 Å². The third-order valence-electron chi connectivity index (χ3n) is 3.85. The van der Waals surface area contributed by atoms with Gasteiger partial charge in [-0.3, -0.25) is 9.36 Å². The van der Waals surface area contributed by atoms with E-state index < -0.39 is 0 Å². The van der Waals surface area contributed by atoms with Gasteiger partial charge in [-0.2, -0.15) is 0 Å². The molecule has 1 N–H and O–H groups in total. The fourth-order valence-electron chi connectivity index (χ4n) is 2.58. The molecule has 0 saturated heterocycles. The van der Waals surface area contributed by atoms with Crippen molar-refractivity contribution in [1.29, 1.82) is 0 Å². The molecule has 3 rings (SSSR count). The highest BCUT2D eigenvalue weighted by molar-refractivity contribution is 5.24. The molecular weight excluding hydrogens is 250 g/mol. The number of aromatic nitrogens is 2. The summed E-state index contributed by atoms with van der Waals surface area (Å²) >= 11 is 0. The second-order valence-corrected chi connectivity index (χ2v) is 5.20. The van der Waals surface area contributed by atoms with Crippen molar-refractivity contribution >= 4 is 0 Å². The van der Waals surface area contributed by atoms with Gasteiger partial charge in [0, 0.05) is 12.1 Å². The van der Waals surface area contributed by atoms with Crippen molar-refractivity contribution in [2.75, 3.05) is 6.54 Å². The number of hydrogen-bond acceptors (Lipinski definition) is 3. The highest BCUT2D eigenvalue weighted by Gasteiger charge is 2.15. The molecule has 4 nitrogen and oxygen atoms in total. The Morgan fingerprint density at radius 3 is 2.75 bits per heavy atom. The molecule has 0 aliphatic carbocycles. The Hall–Kier alpha value is -1.94. The second kappa shape index (κ2) is 5.59. The van der Waals surface area contributed by atoms with Gasteiger partial charge in [0.05, 0.1) is 18.6 Å². The number of aryl methyl sites for hydroxylation is 1. The minimum absolute atomic E-state index is 0.107. The standard InChI is InChI=1S/C16H19N3O/c1-2-12-3-5-13(6-4-12)10-19-11-18-15-9-17-8-7-14(15)16(19)20/h3-6,11,17H,2,7-10H2,1H3. The third-order valence-corrected chi connectivity index (χ3v) is 3.85. The quantitative estimate of drug-likeness (QED) is 0.918. The van der Waals surface area contributed by atoms with Crippen molar-refractivity contribution in [3.8, 4) is 0 Å². The van der Waals surface area contributed by atoms with Crippen molar-refractivity contribution in [2.45, 2.75) is 32.9 Å². The summed E-state index contributed by atoms with van der Waals surface area (Å²) in [5.41, 5.74) is 4.34. The number of nitrogens with zero attached hydrogens (tertiary/aromatic N) is 2. The monoisotopic (exact) mass is 269 g/mol. The Morgan fingerprint density at radius 2 is 2.00 bits per heavy atom. The number of nitrogens with one attached hydrogen (secondary N) is 1. The molecule has 20 heavy (non-hydrogen) atoms. The van der Waals surface area contributed by atoms with Crippen LogP contribution in [0.4, 0.5) is 0 Å². The Balaban J connectivity index is 1.88. The van der Waals surface area contributed by atoms with Crippen LogP contribution in [-0.4, -0.2) is 16.1 Å². The summed E-state index contributed by atoms with van der Waals surface area (Å²) in [5, 5.41) is 3.24. The number of hydrogen-bond donors (Lipinski definition) is 1. The average molecular weight is 269 g/mol. The first-order chi connectivity index (χ1) is 9.78. The van der Waals surface area contributed by atoms with E-state index in [1.807, 2.05) is 0 Å². The molecule has 0 bridgehead atoms. The lowest BCUT2D eigenvalue weighted by Gasteiger charge is -2.16. The van der Waals surface area contributed by atoms with Crippen LogP contribution in [-0.2, 0) is 25.9 Å². The van der Waals surface area contributed by atoms with E-state index in [0.717, 1.165) is 36.2 Å². The van der Waals surface area contributed by atoms with Gasteiger partial charge in [-0.15, -0.1) is 0 Å². The normalized spacial score (nSPS) is 14.1. The van der Waals surface area contributed by atoms with Crippen LogP contribution in [0.2, 0.25) is 0 Å². The first kappa shape index (κ1) is 13.1. The van der Waals surface area contributed by atoms with Crippen LogP contribution in [0.5, 0.6) is 0 Å². The van der Waals surface area contributed by atoms with E-state index in [-0.39, 0.29) is 5.56 Å². The van der Waals surface area contributed by atoms with Gasteiger partial charge in [0.25, 0.3) is 5.56 Å². The predicted octanol–water partition coefficient (Wildman–Crippen LogP) is 1.50. The van der Waals surface area contributed by atoms with Gasteiger partial charge in [0.2, 0.25) is 0 Å². The van der Waals surface area contributed by atoms with Crippen LogP contribution < -0.4 is 10.9 Å². The van der Waals surface area contributed by atoms with Gasteiger partial charge < -0.3 is 5.32 Å². The maximum absolute atomic E-state index is 12.4. The molecule has 0 atom stereocenters. The summed E-state index contributed by atoms with van der Waals surface area (Å²) in [6.07, 6.45) is 3.48. The van der Waals surface area contributed by atoms with Crippen LogP contribution in [0.1, 0.15) is 29.3 Å². The lowest BCUT2D eigenvalue weighted by Crippen LogP contribution is -2.34. The van der Waals surface area contributed by atoms with Gasteiger partial charge in [-0.1, -0.05) is 31.2 Å². The lowest BCUT2D eigenvalue weighted by atomic mass is 10.1. The van der Waals surface area contributed by atoms with E-state index in [2.05, 4.69) is 41.5 Å². The number of benzene rings is 1. The second-order valence-electron chi connectivity index (χ2n) is 5.20. The summed E-state index contributed by atoms with van der Waals surface area (Å²) in [6.45, 7) is 4.30. The highest BCUT2D eigenvalue weighted by atomic mass is 16.1. The molecular formula is C16H19N3O. The molecule has 0 amide bonds. The largest absolute Gasteiger partial charge is 0.311 e. The Kier molecular flexibility index (Phi) is 3.65. The molecule has 104 valence electrons. The van der Waals surface area contributed by atoms with Crippen molar-refractivity contribution in [3.05, 3.63) is 63.3 Å². The number of fused-ring (bicyclic) bond motifs is 1.